The average molecular weight is 366 g/mol. The van der Waals surface area contributed by atoms with Crippen LogP contribution in [0.3, 0.4) is 0 Å². The topological polar surface area (TPSA) is 66.9 Å². The summed E-state index contributed by atoms with van der Waals surface area (Å²) in [4.78, 5) is 14.1. The molecule has 1 fully saturated rings. The van der Waals surface area contributed by atoms with Crippen LogP contribution in [0.2, 0.25) is 0 Å². The minimum atomic E-state index is -3.23. The van der Waals surface area contributed by atoms with Gasteiger partial charge in [0.15, 0.2) is 0 Å². The van der Waals surface area contributed by atoms with Crippen molar-refractivity contribution < 1.29 is 17.9 Å². The first-order valence-electron chi connectivity index (χ1n) is 8.37. The Morgan fingerprint density at radius 2 is 2.04 bits per heavy atom. The van der Waals surface area contributed by atoms with Gasteiger partial charge < -0.3 is 9.64 Å². The van der Waals surface area contributed by atoms with Gasteiger partial charge in [0.1, 0.15) is 5.75 Å². The van der Waals surface area contributed by atoms with Crippen LogP contribution in [0, 0.1) is 0 Å². The van der Waals surface area contributed by atoms with Gasteiger partial charge in [0.2, 0.25) is 15.9 Å². The lowest BCUT2D eigenvalue weighted by atomic mass is 10.2. The first kappa shape index (κ1) is 19.5. The molecule has 7 heteroatoms. The van der Waals surface area contributed by atoms with Crippen LogP contribution in [-0.2, 0) is 14.8 Å². The van der Waals surface area contributed by atoms with Gasteiger partial charge in [0.25, 0.3) is 0 Å². The van der Waals surface area contributed by atoms with Crippen LogP contribution in [0.5, 0.6) is 5.75 Å². The van der Waals surface area contributed by atoms with Crippen LogP contribution in [0.1, 0.15) is 26.3 Å². The normalized spacial score (nSPS) is 19.6. The van der Waals surface area contributed by atoms with E-state index in [-0.39, 0.29) is 18.1 Å². The van der Waals surface area contributed by atoms with Gasteiger partial charge in [-0.3, -0.25) is 4.79 Å². The maximum atomic E-state index is 12.4. The average Bonchev–Trinajstić information content (AvgIpc) is 2.51. The molecule has 0 radical (unpaired) electrons. The van der Waals surface area contributed by atoms with Crippen LogP contribution < -0.4 is 4.74 Å². The molecule has 0 N–H and O–H groups in total. The molecule has 1 aliphatic rings. The molecule has 1 aliphatic heterocycles. The Morgan fingerprint density at radius 1 is 1.32 bits per heavy atom. The Kier molecular flexibility index (Phi) is 6.24. The molecule has 1 aromatic carbocycles. The van der Waals surface area contributed by atoms with Gasteiger partial charge >= 0.3 is 0 Å². The van der Waals surface area contributed by atoms with E-state index in [1.807, 2.05) is 45.0 Å². The van der Waals surface area contributed by atoms with Crippen molar-refractivity contribution in [3.63, 3.8) is 0 Å². The summed E-state index contributed by atoms with van der Waals surface area (Å²) in [5, 5.41) is 0. The molecular weight excluding hydrogens is 340 g/mol. The molecule has 138 valence electrons. The van der Waals surface area contributed by atoms with Crippen molar-refractivity contribution >= 4 is 22.0 Å². The van der Waals surface area contributed by atoms with Gasteiger partial charge in [-0.2, -0.15) is 4.31 Å². The molecule has 1 heterocycles. The van der Waals surface area contributed by atoms with Crippen molar-refractivity contribution in [3.8, 4) is 5.75 Å². The third-order valence-electron chi connectivity index (χ3n) is 3.95. The van der Waals surface area contributed by atoms with Crippen LogP contribution in [0.4, 0.5) is 0 Å². The van der Waals surface area contributed by atoms with Crippen molar-refractivity contribution in [2.75, 3.05) is 25.9 Å². The second-order valence-electron chi connectivity index (χ2n) is 6.58. The minimum absolute atomic E-state index is 0.0912. The van der Waals surface area contributed by atoms with E-state index in [1.165, 1.54) is 16.6 Å². The maximum absolute atomic E-state index is 12.4. The summed E-state index contributed by atoms with van der Waals surface area (Å²) in [6, 6.07) is 7.33. The predicted molar refractivity (Wildman–Crippen MR) is 98.8 cm³/mol. The molecule has 0 aromatic heterocycles. The van der Waals surface area contributed by atoms with Crippen molar-refractivity contribution in [1.82, 2.24) is 9.21 Å². The molecule has 1 aromatic rings. The first-order valence-corrected chi connectivity index (χ1v) is 10.2. The molecular formula is C18H26N2O4S. The van der Waals surface area contributed by atoms with Crippen LogP contribution in [0.15, 0.2) is 30.3 Å². The molecule has 0 bridgehead atoms. The number of benzene rings is 1. The highest BCUT2D eigenvalue weighted by atomic mass is 32.2. The zero-order valence-electron chi connectivity index (χ0n) is 15.2. The van der Waals surface area contributed by atoms with E-state index in [4.69, 9.17) is 4.74 Å². The number of sulfonamides is 1. The Hall–Kier alpha value is -1.86. The number of nitrogens with zero attached hydrogens (tertiary/aromatic N) is 2. The Morgan fingerprint density at radius 3 is 2.64 bits per heavy atom. The predicted octanol–water partition coefficient (Wildman–Crippen LogP) is 1.98. The number of rotatable bonds is 5. The number of hydrogen-bond acceptors (Lipinski definition) is 4. The van der Waals surface area contributed by atoms with Crippen LogP contribution in [0.25, 0.3) is 6.08 Å². The maximum Gasteiger partial charge on any atom is 0.246 e. The third-order valence-corrected chi connectivity index (χ3v) is 5.35. The second-order valence-corrected chi connectivity index (χ2v) is 8.51. The fourth-order valence-electron chi connectivity index (χ4n) is 2.87. The van der Waals surface area contributed by atoms with Gasteiger partial charge in [0, 0.05) is 31.8 Å². The van der Waals surface area contributed by atoms with E-state index >= 15 is 0 Å². The Bertz CT molecular complexity index is 743. The Balaban J connectivity index is 1.99. The van der Waals surface area contributed by atoms with E-state index < -0.39 is 10.0 Å². The van der Waals surface area contributed by atoms with Gasteiger partial charge in [0.05, 0.1) is 12.4 Å². The first-order chi connectivity index (χ1) is 11.7. The quantitative estimate of drug-likeness (QED) is 0.748. The lowest BCUT2D eigenvalue weighted by Gasteiger charge is -2.37. The highest BCUT2D eigenvalue weighted by Gasteiger charge is 2.31. The lowest BCUT2D eigenvalue weighted by molar-refractivity contribution is -0.127. The monoisotopic (exact) mass is 366 g/mol. The zero-order valence-corrected chi connectivity index (χ0v) is 16.0. The summed E-state index contributed by atoms with van der Waals surface area (Å²) in [5.41, 5.74) is 0.884. The summed E-state index contributed by atoms with van der Waals surface area (Å²) >= 11 is 0. The molecule has 0 unspecified atom stereocenters. The van der Waals surface area contributed by atoms with Crippen molar-refractivity contribution in [2.45, 2.75) is 32.9 Å². The molecule has 1 saturated heterocycles. The molecule has 25 heavy (non-hydrogen) atoms. The van der Waals surface area contributed by atoms with Gasteiger partial charge in [-0.25, -0.2) is 8.42 Å². The standard InChI is InChI=1S/C18H26N2O4S/c1-14(2)24-17-7-5-6-16(12-17)8-9-18(21)19-10-11-20(15(3)13-19)25(4,22)23/h5-9,12,14-15H,10-11,13H2,1-4H3/t15-/m0/s1. The van der Waals surface area contributed by atoms with Crippen molar-refractivity contribution in [3.05, 3.63) is 35.9 Å². The SMILES string of the molecule is CC(C)Oc1cccc(C=CC(=O)N2CCN(S(C)(=O)=O)[C@@H](C)C2)c1. The molecule has 0 aliphatic carbocycles. The van der Waals surface area contributed by atoms with E-state index in [0.29, 0.717) is 19.6 Å². The molecule has 1 atom stereocenters. The molecule has 0 saturated carbocycles. The van der Waals surface area contributed by atoms with Crippen LogP contribution >= 0.6 is 0 Å². The minimum Gasteiger partial charge on any atom is -0.491 e. The number of ether oxygens (including phenoxy) is 1. The summed E-state index contributed by atoms with van der Waals surface area (Å²) in [7, 11) is -3.23. The highest BCUT2D eigenvalue weighted by Crippen LogP contribution is 2.17. The number of piperazine rings is 1. The van der Waals surface area contributed by atoms with Crippen molar-refractivity contribution in [1.29, 1.82) is 0 Å². The van der Waals surface area contributed by atoms with Crippen LogP contribution in [-0.4, -0.2) is 61.6 Å². The highest BCUT2D eigenvalue weighted by molar-refractivity contribution is 7.88. The molecule has 1 amide bonds. The van der Waals surface area contributed by atoms with E-state index in [9.17, 15) is 13.2 Å². The number of hydrogen-bond donors (Lipinski definition) is 0. The van der Waals surface area contributed by atoms with Gasteiger partial charge in [-0.05, 0) is 44.5 Å². The molecule has 2 rings (SSSR count). The summed E-state index contributed by atoms with van der Waals surface area (Å²) in [5.74, 6) is 0.648. The Labute approximate surface area is 150 Å². The largest absolute Gasteiger partial charge is 0.491 e. The fourth-order valence-corrected chi connectivity index (χ4v) is 4.00. The number of carbonyl (C=O) groups excluding carboxylic acids is 1. The third kappa shape index (κ3) is 5.57. The zero-order chi connectivity index (χ0) is 18.6. The number of carbonyl (C=O) groups is 1. The summed E-state index contributed by atoms with van der Waals surface area (Å²) < 4.78 is 30.5. The van der Waals surface area contributed by atoms with Gasteiger partial charge in [-0.15, -0.1) is 0 Å². The lowest BCUT2D eigenvalue weighted by Crippen LogP contribution is -2.54. The van der Waals surface area contributed by atoms with E-state index in [2.05, 4.69) is 0 Å². The van der Waals surface area contributed by atoms with Crippen molar-refractivity contribution in [2.24, 2.45) is 0 Å². The fraction of sp³-hybridized carbons (Fsp3) is 0.500. The molecule has 0 spiro atoms. The van der Waals surface area contributed by atoms with E-state index in [1.54, 1.807) is 11.0 Å². The number of amides is 1. The summed E-state index contributed by atoms with van der Waals surface area (Å²) in [6.07, 6.45) is 4.57. The second kappa shape index (κ2) is 8.01. The van der Waals surface area contributed by atoms with E-state index in [0.717, 1.165) is 11.3 Å². The van der Waals surface area contributed by atoms with Gasteiger partial charge in [-0.1, -0.05) is 12.1 Å². The molecule has 6 nitrogen and oxygen atoms in total. The summed E-state index contributed by atoms with van der Waals surface area (Å²) in [6.45, 7) is 6.87. The smallest absolute Gasteiger partial charge is 0.246 e.